The summed E-state index contributed by atoms with van der Waals surface area (Å²) < 4.78 is 33.3. The van der Waals surface area contributed by atoms with E-state index in [0.717, 1.165) is 16.7 Å². The Morgan fingerprint density at radius 1 is 1.23 bits per heavy atom. The van der Waals surface area contributed by atoms with Crippen LogP contribution >= 0.6 is 0 Å². The molecule has 1 aromatic carbocycles. The van der Waals surface area contributed by atoms with Gasteiger partial charge in [-0.25, -0.2) is 8.42 Å². The van der Waals surface area contributed by atoms with E-state index in [1.807, 2.05) is 25.1 Å². The monoisotopic (exact) mass is 393 g/mol. The zero-order valence-corrected chi connectivity index (χ0v) is 18.6. The van der Waals surface area contributed by atoms with E-state index in [-0.39, 0.29) is 5.04 Å². The summed E-state index contributed by atoms with van der Waals surface area (Å²) in [6.45, 7) is 18.3. The zero-order valence-electron chi connectivity index (χ0n) is 16.8. The molecule has 0 saturated heterocycles. The molecule has 0 saturated carbocycles. The van der Waals surface area contributed by atoms with E-state index >= 15 is 0 Å². The molecule has 0 radical (unpaired) electrons. The largest absolute Gasteiger partial charge is 0.413 e. The molecule has 0 amide bonds. The van der Waals surface area contributed by atoms with Crippen LogP contribution in [0, 0.1) is 6.92 Å². The quantitative estimate of drug-likeness (QED) is 0.668. The molecule has 1 aromatic rings. The molecule has 4 nitrogen and oxygen atoms in total. The van der Waals surface area contributed by atoms with Crippen LogP contribution in [0.25, 0.3) is 0 Å². The van der Waals surface area contributed by atoms with Gasteiger partial charge in [0.1, 0.15) is 0 Å². The van der Waals surface area contributed by atoms with E-state index in [0.29, 0.717) is 24.6 Å². The molecular formula is C20H31NO3SSi. The van der Waals surface area contributed by atoms with Gasteiger partial charge in [-0.15, -0.1) is 0 Å². The lowest BCUT2D eigenvalue weighted by atomic mass is 10.1. The topological polar surface area (TPSA) is 46.6 Å². The van der Waals surface area contributed by atoms with Crippen LogP contribution in [-0.2, 0) is 14.4 Å². The van der Waals surface area contributed by atoms with Gasteiger partial charge in [-0.2, -0.15) is 4.31 Å². The Balaban J connectivity index is 2.01. The summed E-state index contributed by atoms with van der Waals surface area (Å²) in [6.07, 6.45) is 1.95. The van der Waals surface area contributed by atoms with E-state index in [2.05, 4.69) is 40.4 Å². The molecule has 0 bridgehead atoms. The molecule has 1 heterocycles. The van der Waals surface area contributed by atoms with Crippen molar-refractivity contribution in [3.05, 3.63) is 53.6 Å². The van der Waals surface area contributed by atoms with E-state index in [9.17, 15) is 8.42 Å². The zero-order chi connectivity index (χ0) is 19.8. The lowest BCUT2D eigenvalue weighted by Crippen LogP contribution is -2.41. The van der Waals surface area contributed by atoms with Crippen LogP contribution in [0.5, 0.6) is 0 Å². The summed E-state index contributed by atoms with van der Waals surface area (Å²) >= 11 is 0. The normalized spacial score (nSPS) is 16.6. The first-order valence-electron chi connectivity index (χ1n) is 8.92. The number of hydrogen-bond acceptors (Lipinski definition) is 3. The van der Waals surface area contributed by atoms with E-state index in [4.69, 9.17) is 4.43 Å². The van der Waals surface area contributed by atoms with Gasteiger partial charge in [-0.1, -0.05) is 51.1 Å². The fourth-order valence-electron chi connectivity index (χ4n) is 2.41. The SMILES string of the molecule is C=C(CO[Si](C)(C)C(C)(C)C)C1=CCN(S(=O)(=O)c2ccc(C)cc2)C1. The smallest absolute Gasteiger partial charge is 0.243 e. The lowest BCUT2D eigenvalue weighted by molar-refractivity contribution is 0.320. The first kappa shape index (κ1) is 21.1. The Labute approximate surface area is 159 Å². The Morgan fingerprint density at radius 3 is 2.35 bits per heavy atom. The number of nitrogens with zero attached hydrogens (tertiary/aromatic N) is 1. The molecular weight excluding hydrogens is 362 g/mol. The van der Waals surface area contributed by atoms with Crippen molar-refractivity contribution in [3.63, 3.8) is 0 Å². The van der Waals surface area contributed by atoms with Crippen molar-refractivity contribution >= 4 is 18.3 Å². The van der Waals surface area contributed by atoms with Crippen LogP contribution in [0.2, 0.25) is 18.1 Å². The molecule has 0 aliphatic carbocycles. The standard InChI is InChI=1S/C20H31NO3SSi/c1-16-8-10-19(11-9-16)25(22,23)21-13-12-18(14-21)17(2)15-24-26(6,7)20(3,4)5/h8-12H,2,13-15H2,1,3-7H3. The summed E-state index contributed by atoms with van der Waals surface area (Å²) in [5.41, 5.74) is 2.87. The predicted molar refractivity (Wildman–Crippen MR) is 110 cm³/mol. The number of rotatable bonds is 6. The summed E-state index contributed by atoms with van der Waals surface area (Å²) in [6, 6.07) is 6.97. The summed E-state index contributed by atoms with van der Waals surface area (Å²) in [4.78, 5) is 0.334. The van der Waals surface area contributed by atoms with Gasteiger partial charge in [0, 0.05) is 13.1 Å². The summed E-state index contributed by atoms with van der Waals surface area (Å²) in [5.74, 6) is 0. The second-order valence-electron chi connectivity index (χ2n) is 8.49. The molecule has 0 aromatic heterocycles. The molecule has 2 rings (SSSR count). The van der Waals surface area contributed by atoms with Crippen molar-refractivity contribution in [1.29, 1.82) is 0 Å². The molecule has 0 spiro atoms. The third-order valence-corrected chi connectivity index (χ3v) is 11.7. The Bertz CT molecular complexity index is 802. The van der Waals surface area contributed by atoms with Crippen LogP contribution in [0.15, 0.2) is 53.0 Å². The van der Waals surface area contributed by atoms with Gasteiger partial charge < -0.3 is 4.43 Å². The highest BCUT2D eigenvalue weighted by Crippen LogP contribution is 2.37. The Hall–Kier alpha value is -1.21. The minimum absolute atomic E-state index is 0.137. The summed E-state index contributed by atoms with van der Waals surface area (Å²) in [5, 5.41) is 0.137. The predicted octanol–water partition coefficient (Wildman–Crippen LogP) is 4.50. The second-order valence-corrected chi connectivity index (χ2v) is 15.2. The molecule has 0 atom stereocenters. The molecule has 6 heteroatoms. The van der Waals surface area contributed by atoms with Gasteiger partial charge >= 0.3 is 0 Å². The van der Waals surface area contributed by atoms with E-state index in [1.165, 1.54) is 4.31 Å². The molecule has 26 heavy (non-hydrogen) atoms. The van der Waals surface area contributed by atoms with Gasteiger partial charge in [0.2, 0.25) is 10.0 Å². The molecule has 1 aliphatic rings. The van der Waals surface area contributed by atoms with Crippen molar-refractivity contribution in [2.24, 2.45) is 0 Å². The summed E-state index contributed by atoms with van der Waals surface area (Å²) in [7, 11) is -5.33. The van der Waals surface area contributed by atoms with Gasteiger partial charge in [-0.3, -0.25) is 0 Å². The van der Waals surface area contributed by atoms with Crippen molar-refractivity contribution in [1.82, 2.24) is 4.31 Å². The van der Waals surface area contributed by atoms with Crippen LogP contribution in [0.4, 0.5) is 0 Å². The van der Waals surface area contributed by atoms with Crippen molar-refractivity contribution in [2.75, 3.05) is 19.7 Å². The van der Waals surface area contributed by atoms with E-state index < -0.39 is 18.3 Å². The number of benzene rings is 1. The molecule has 0 N–H and O–H groups in total. The molecule has 0 fully saturated rings. The maximum atomic E-state index is 12.8. The van der Waals surface area contributed by atoms with Crippen molar-refractivity contribution < 1.29 is 12.8 Å². The minimum Gasteiger partial charge on any atom is -0.413 e. The first-order valence-corrected chi connectivity index (χ1v) is 13.3. The Kier molecular flexibility index (Phi) is 6.02. The van der Waals surface area contributed by atoms with Crippen LogP contribution in [-0.4, -0.2) is 40.7 Å². The highest BCUT2D eigenvalue weighted by molar-refractivity contribution is 7.89. The third-order valence-electron chi connectivity index (χ3n) is 5.41. The maximum Gasteiger partial charge on any atom is 0.243 e. The fraction of sp³-hybridized carbons (Fsp3) is 0.500. The van der Waals surface area contributed by atoms with E-state index in [1.54, 1.807) is 12.1 Å². The number of aryl methyl sites for hydroxylation is 1. The van der Waals surface area contributed by atoms with Gasteiger partial charge in [0.25, 0.3) is 0 Å². The highest BCUT2D eigenvalue weighted by Gasteiger charge is 2.37. The maximum absolute atomic E-state index is 12.8. The third kappa shape index (κ3) is 4.54. The fourth-order valence-corrected chi connectivity index (χ4v) is 4.73. The van der Waals surface area contributed by atoms with Gasteiger partial charge in [-0.05, 0) is 48.3 Å². The van der Waals surface area contributed by atoms with Crippen molar-refractivity contribution in [3.8, 4) is 0 Å². The molecule has 0 unspecified atom stereocenters. The van der Waals surface area contributed by atoms with Crippen LogP contribution in [0.1, 0.15) is 26.3 Å². The number of hydrogen-bond donors (Lipinski definition) is 0. The lowest BCUT2D eigenvalue weighted by Gasteiger charge is -2.36. The second kappa shape index (κ2) is 7.42. The van der Waals surface area contributed by atoms with Crippen molar-refractivity contribution in [2.45, 2.75) is 50.7 Å². The first-order chi connectivity index (χ1) is 11.8. The molecule has 144 valence electrons. The minimum atomic E-state index is -3.48. The Morgan fingerprint density at radius 2 is 1.81 bits per heavy atom. The van der Waals surface area contributed by atoms with Gasteiger partial charge in [0.05, 0.1) is 11.5 Å². The highest BCUT2D eigenvalue weighted by atomic mass is 32.2. The average molecular weight is 394 g/mol. The van der Waals surface area contributed by atoms with Crippen LogP contribution < -0.4 is 0 Å². The average Bonchev–Trinajstić information content (AvgIpc) is 3.03. The molecule has 1 aliphatic heterocycles. The van der Waals surface area contributed by atoms with Crippen LogP contribution in [0.3, 0.4) is 0 Å². The van der Waals surface area contributed by atoms with Gasteiger partial charge in [0.15, 0.2) is 8.32 Å². The number of sulfonamides is 1.